The Morgan fingerprint density at radius 3 is 2.88 bits per heavy atom. The zero-order valence-corrected chi connectivity index (χ0v) is 9.51. The van der Waals surface area contributed by atoms with Crippen LogP contribution >= 0.6 is 0 Å². The molecule has 2 amide bonds. The van der Waals surface area contributed by atoms with Crippen LogP contribution in [0.15, 0.2) is 6.33 Å². The molecule has 8 nitrogen and oxygen atoms in total. The molecule has 0 atom stereocenters. The van der Waals surface area contributed by atoms with E-state index in [1.807, 2.05) is 6.92 Å². The maximum absolute atomic E-state index is 11.2. The van der Waals surface area contributed by atoms with Gasteiger partial charge < -0.3 is 20.3 Å². The van der Waals surface area contributed by atoms with Gasteiger partial charge in [0.2, 0.25) is 0 Å². The fourth-order valence-corrected chi connectivity index (χ4v) is 1.18. The molecule has 0 radical (unpaired) electrons. The Balaban J connectivity index is 2.26. The molecule has 1 rings (SSSR count). The maximum Gasteiger partial charge on any atom is 0.315 e. The Hall–Kier alpha value is -2.12. The van der Waals surface area contributed by atoms with E-state index in [9.17, 15) is 9.59 Å². The quantitative estimate of drug-likeness (QED) is 0.626. The number of amides is 2. The third kappa shape index (κ3) is 4.49. The van der Waals surface area contributed by atoms with Crippen LogP contribution in [0.25, 0.3) is 0 Å². The molecule has 1 aromatic heterocycles. The lowest BCUT2D eigenvalue weighted by atomic mass is 10.4. The van der Waals surface area contributed by atoms with Gasteiger partial charge in [-0.2, -0.15) is 0 Å². The molecule has 8 heteroatoms. The van der Waals surface area contributed by atoms with E-state index in [0.29, 0.717) is 5.82 Å². The number of aromatic nitrogens is 3. The van der Waals surface area contributed by atoms with Crippen molar-refractivity contribution >= 4 is 12.0 Å². The van der Waals surface area contributed by atoms with Crippen LogP contribution < -0.4 is 10.6 Å². The lowest BCUT2D eigenvalue weighted by molar-refractivity contribution is -0.136. The van der Waals surface area contributed by atoms with Crippen LogP contribution in [0.5, 0.6) is 0 Å². The number of carboxylic acids is 1. The highest BCUT2D eigenvalue weighted by Crippen LogP contribution is 1.93. The van der Waals surface area contributed by atoms with E-state index < -0.39 is 12.0 Å². The summed E-state index contributed by atoms with van der Waals surface area (Å²) in [5, 5.41) is 20.9. The lowest BCUT2D eigenvalue weighted by Crippen LogP contribution is -2.36. The summed E-state index contributed by atoms with van der Waals surface area (Å²) < 4.78 is 1.80. The predicted molar refractivity (Wildman–Crippen MR) is 58.2 cm³/mol. The minimum atomic E-state index is -0.948. The van der Waals surface area contributed by atoms with E-state index in [1.165, 1.54) is 0 Å². The molecule has 0 fully saturated rings. The molecule has 0 bridgehead atoms. The third-order valence-corrected chi connectivity index (χ3v) is 2.07. The number of urea groups is 1. The van der Waals surface area contributed by atoms with Crippen molar-refractivity contribution < 1.29 is 14.7 Å². The molecule has 1 aromatic rings. The average molecular weight is 241 g/mol. The summed E-state index contributed by atoms with van der Waals surface area (Å²) in [6, 6.07) is -0.420. The molecular formula is C9H15N5O3. The molecule has 0 saturated heterocycles. The number of nitrogens with zero attached hydrogens (tertiary/aromatic N) is 3. The Morgan fingerprint density at radius 1 is 1.47 bits per heavy atom. The summed E-state index contributed by atoms with van der Waals surface area (Å²) in [5.41, 5.74) is 0. The zero-order chi connectivity index (χ0) is 12.7. The molecule has 0 spiro atoms. The van der Waals surface area contributed by atoms with Gasteiger partial charge >= 0.3 is 12.0 Å². The summed E-state index contributed by atoms with van der Waals surface area (Å²) in [4.78, 5) is 21.5. The summed E-state index contributed by atoms with van der Waals surface area (Å²) >= 11 is 0. The summed E-state index contributed by atoms with van der Waals surface area (Å²) in [5.74, 6) is -0.295. The first kappa shape index (κ1) is 12.9. The van der Waals surface area contributed by atoms with E-state index in [1.54, 1.807) is 10.9 Å². The van der Waals surface area contributed by atoms with Gasteiger partial charge in [0.15, 0.2) is 5.82 Å². The fraction of sp³-hybridized carbons (Fsp3) is 0.556. The van der Waals surface area contributed by atoms with Crippen LogP contribution in [0.1, 0.15) is 19.2 Å². The standard InChI is InChI=1S/C9H15N5O3/c1-2-14-6-12-13-7(14)5-11-9(17)10-4-3-8(15)16/h6H,2-5H2,1H3,(H,15,16)(H2,10,11,17). The second kappa shape index (κ2) is 6.46. The topological polar surface area (TPSA) is 109 Å². The molecule has 1 heterocycles. The maximum atomic E-state index is 11.2. The lowest BCUT2D eigenvalue weighted by Gasteiger charge is -2.06. The zero-order valence-electron chi connectivity index (χ0n) is 9.51. The van der Waals surface area contributed by atoms with Gasteiger partial charge in [0.1, 0.15) is 6.33 Å². The van der Waals surface area contributed by atoms with Crippen molar-refractivity contribution in [2.24, 2.45) is 0 Å². The largest absolute Gasteiger partial charge is 0.481 e. The predicted octanol–water partition coefficient (Wildman–Crippen LogP) is -0.428. The number of hydrogen-bond donors (Lipinski definition) is 3. The molecule has 94 valence electrons. The van der Waals surface area contributed by atoms with Crippen molar-refractivity contribution in [2.45, 2.75) is 26.4 Å². The normalized spacial score (nSPS) is 9.94. The Labute approximate surface area is 98.0 Å². The number of rotatable bonds is 6. The first-order valence-corrected chi connectivity index (χ1v) is 5.23. The molecule has 0 aliphatic carbocycles. The number of hydrogen-bond acceptors (Lipinski definition) is 4. The second-order valence-corrected chi connectivity index (χ2v) is 3.29. The van der Waals surface area contributed by atoms with Crippen LogP contribution in [0.4, 0.5) is 4.79 Å². The van der Waals surface area contributed by atoms with Crippen molar-refractivity contribution in [2.75, 3.05) is 6.54 Å². The van der Waals surface area contributed by atoms with Crippen molar-refractivity contribution in [3.8, 4) is 0 Å². The molecular weight excluding hydrogens is 226 g/mol. The molecule has 17 heavy (non-hydrogen) atoms. The Morgan fingerprint density at radius 2 is 2.24 bits per heavy atom. The number of nitrogens with one attached hydrogen (secondary N) is 2. The number of carbonyl (C=O) groups is 2. The third-order valence-electron chi connectivity index (χ3n) is 2.07. The van der Waals surface area contributed by atoms with Gasteiger partial charge in [-0.15, -0.1) is 10.2 Å². The molecule has 0 aromatic carbocycles. The Kier molecular flexibility index (Phi) is 4.92. The van der Waals surface area contributed by atoms with E-state index in [2.05, 4.69) is 20.8 Å². The Bertz CT molecular complexity index is 390. The average Bonchev–Trinajstić information content (AvgIpc) is 2.73. The van der Waals surface area contributed by atoms with Gasteiger partial charge in [0, 0.05) is 13.1 Å². The SMILES string of the molecule is CCn1cnnc1CNC(=O)NCCC(=O)O. The van der Waals surface area contributed by atoms with Crippen molar-refractivity contribution in [1.82, 2.24) is 25.4 Å². The number of aliphatic carboxylic acids is 1. The van der Waals surface area contributed by atoms with Crippen LogP contribution in [-0.2, 0) is 17.9 Å². The minimum Gasteiger partial charge on any atom is -0.481 e. The molecule has 0 saturated carbocycles. The molecule has 3 N–H and O–H groups in total. The summed E-state index contributed by atoms with van der Waals surface area (Å²) in [6.45, 7) is 3.03. The van der Waals surface area contributed by atoms with Crippen molar-refractivity contribution in [3.63, 3.8) is 0 Å². The van der Waals surface area contributed by atoms with Gasteiger partial charge in [-0.1, -0.05) is 0 Å². The highest BCUT2D eigenvalue weighted by molar-refractivity contribution is 5.74. The van der Waals surface area contributed by atoms with E-state index >= 15 is 0 Å². The molecule has 0 aliphatic heterocycles. The van der Waals surface area contributed by atoms with Gasteiger partial charge in [-0.05, 0) is 6.92 Å². The smallest absolute Gasteiger partial charge is 0.315 e. The van der Waals surface area contributed by atoms with E-state index in [0.717, 1.165) is 6.54 Å². The van der Waals surface area contributed by atoms with Gasteiger partial charge in [0.25, 0.3) is 0 Å². The first-order valence-electron chi connectivity index (χ1n) is 5.23. The van der Waals surface area contributed by atoms with Gasteiger partial charge in [-0.25, -0.2) is 4.79 Å². The van der Waals surface area contributed by atoms with Gasteiger partial charge in [-0.3, -0.25) is 4.79 Å². The second-order valence-electron chi connectivity index (χ2n) is 3.29. The minimum absolute atomic E-state index is 0.0986. The van der Waals surface area contributed by atoms with Crippen molar-refractivity contribution in [3.05, 3.63) is 12.2 Å². The monoisotopic (exact) mass is 241 g/mol. The summed E-state index contributed by atoms with van der Waals surface area (Å²) in [6.07, 6.45) is 1.48. The molecule has 0 unspecified atom stereocenters. The van der Waals surface area contributed by atoms with Crippen LogP contribution in [0, 0.1) is 0 Å². The van der Waals surface area contributed by atoms with Crippen LogP contribution in [-0.4, -0.2) is 38.4 Å². The van der Waals surface area contributed by atoms with Gasteiger partial charge in [0.05, 0.1) is 13.0 Å². The van der Waals surface area contributed by atoms with Crippen molar-refractivity contribution in [1.29, 1.82) is 0 Å². The highest BCUT2D eigenvalue weighted by atomic mass is 16.4. The van der Waals surface area contributed by atoms with E-state index in [-0.39, 0.29) is 19.5 Å². The first-order chi connectivity index (χ1) is 8.13. The number of aryl methyl sites for hydroxylation is 1. The summed E-state index contributed by atoms with van der Waals surface area (Å²) in [7, 11) is 0. The molecule has 0 aliphatic rings. The van der Waals surface area contributed by atoms with Crippen LogP contribution in [0.3, 0.4) is 0 Å². The van der Waals surface area contributed by atoms with Crippen LogP contribution in [0.2, 0.25) is 0 Å². The fourth-order valence-electron chi connectivity index (χ4n) is 1.18. The number of carbonyl (C=O) groups excluding carboxylic acids is 1. The van der Waals surface area contributed by atoms with E-state index in [4.69, 9.17) is 5.11 Å². The highest BCUT2D eigenvalue weighted by Gasteiger charge is 2.05. The number of carboxylic acid groups (broad SMARTS) is 1.